The Labute approximate surface area is 173 Å². The van der Waals surface area contributed by atoms with Gasteiger partial charge in [-0.15, -0.1) is 10.2 Å². The van der Waals surface area contributed by atoms with Gasteiger partial charge < -0.3 is 9.32 Å². The molecular formula is C22H22FN3O2S. The van der Waals surface area contributed by atoms with E-state index in [1.165, 1.54) is 23.4 Å². The predicted molar refractivity (Wildman–Crippen MR) is 110 cm³/mol. The van der Waals surface area contributed by atoms with Gasteiger partial charge in [-0.2, -0.15) is 0 Å². The summed E-state index contributed by atoms with van der Waals surface area (Å²) < 4.78 is 19.3. The van der Waals surface area contributed by atoms with Crippen molar-refractivity contribution in [3.8, 4) is 11.5 Å². The number of nitrogens with zero attached hydrogens (tertiary/aromatic N) is 3. The van der Waals surface area contributed by atoms with Crippen LogP contribution in [0, 0.1) is 11.7 Å². The number of piperidine rings is 1. The fraction of sp³-hybridized carbons (Fsp3) is 0.318. The van der Waals surface area contributed by atoms with Crippen molar-refractivity contribution in [2.45, 2.75) is 24.5 Å². The Bertz CT molecular complexity index is 955. The average Bonchev–Trinajstić information content (AvgIpc) is 3.22. The molecule has 1 aromatic heterocycles. The molecule has 0 aliphatic carbocycles. The van der Waals surface area contributed by atoms with E-state index in [1.807, 2.05) is 11.0 Å². The van der Waals surface area contributed by atoms with Crippen LogP contribution in [0.5, 0.6) is 0 Å². The van der Waals surface area contributed by atoms with Gasteiger partial charge in [-0.1, -0.05) is 54.2 Å². The zero-order valence-corrected chi connectivity index (χ0v) is 16.8. The molecule has 4 rings (SSSR count). The Morgan fingerprint density at radius 1 is 1.07 bits per heavy atom. The van der Waals surface area contributed by atoms with E-state index in [1.54, 1.807) is 18.2 Å². The summed E-state index contributed by atoms with van der Waals surface area (Å²) in [4.78, 5) is 14.4. The van der Waals surface area contributed by atoms with Crippen molar-refractivity contribution in [3.05, 3.63) is 66.0 Å². The highest BCUT2D eigenvalue weighted by atomic mass is 32.2. The second-order valence-corrected chi connectivity index (χ2v) is 8.08. The molecule has 2 heterocycles. The summed E-state index contributed by atoms with van der Waals surface area (Å²) in [5.41, 5.74) is 1.62. The van der Waals surface area contributed by atoms with Crippen molar-refractivity contribution in [2.24, 2.45) is 5.92 Å². The molecule has 0 unspecified atom stereocenters. The molecule has 1 aliphatic heterocycles. The first kappa shape index (κ1) is 19.6. The van der Waals surface area contributed by atoms with Gasteiger partial charge in [-0.25, -0.2) is 4.39 Å². The molecule has 0 atom stereocenters. The number of benzene rings is 2. The topological polar surface area (TPSA) is 59.2 Å². The molecule has 150 valence electrons. The number of hydrogen-bond donors (Lipinski definition) is 0. The second-order valence-electron chi connectivity index (χ2n) is 7.16. The Hall–Kier alpha value is -2.67. The number of hydrogen-bond acceptors (Lipinski definition) is 5. The van der Waals surface area contributed by atoms with Crippen LogP contribution in [0.25, 0.3) is 11.5 Å². The van der Waals surface area contributed by atoms with E-state index in [9.17, 15) is 9.18 Å². The largest absolute Gasteiger partial charge is 0.411 e. The third-order valence-electron chi connectivity index (χ3n) is 5.16. The van der Waals surface area contributed by atoms with Gasteiger partial charge in [0.05, 0.1) is 11.3 Å². The summed E-state index contributed by atoms with van der Waals surface area (Å²) >= 11 is 1.19. The maximum absolute atomic E-state index is 13.8. The van der Waals surface area contributed by atoms with Crippen LogP contribution in [0.4, 0.5) is 4.39 Å². The van der Waals surface area contributed by atoms with Crippen molar-refractivity contribution >= 4 is 17.7 Å². The Balaban J connectivity index is 1.25. The fourth-order valence-electron chi connectivity index (χ4n) is 3.56. The lowest BCUT2D eigenvalue weighted by atomic mass is 9.90. The number of likely N-dealkylation sites (tertiary alicyclic amines) is 1. The lowest BCUT2D eigenvalue weighted by Crippen LogP contribution is -2.39. The maximum atomic E-state index is 13.8. The molecule has 1 aliphatic rings. The zero-order chi connectivity index (χ0) is 20.1. The standard InChI is InChI=1S/C22H22FN3O2S/c23-19-9-5-4-8-18(19)21-24-25-22(28-21)29-15-20(27)26-12-10-17(11-13-26)14-16-6-2-1-3-7-16/h1-9,17H,10-15H2. The molecule has 2 aromatic carbocycles. The highest BCUT2D eigenvalue weighted by Crippen LogP contribution is 2.26. The Morgan fingerprint density at radius 2 is 1.79 bits per heavy atom. The van der Waals surface area contributed by atoms with E-state index >= 15 is 0 Å². The van der Waals surface area contributed by atoms with E-state index < -0.39 is 5.82 Å². The van der Waals surface area contributed by atoms with Crippen LogP contribution in [-0.2, 0) is 11.2 Å². The summed E-state index contributed by atoms with van der Waals surface area (Å²) in [6.45, 7) is 1.56. The summed E-state index contributed by atoms with van der Waals surface area (Å²) in [6, 6.07) is 16.7. The molecule has 1 fully saturated rings. The van der Waals surface area contributed by atoms with Crippen LogP contribution in [0.2, 0.25) is 0 Å². The lowest BCUT2D eigenvalue weighted by molar-refractivity contribution is -0.129. The average molecular weight is 412 g/mol. The molecule has 7 heteroatoms. The van der Waals surface area contributed by atoms with E-state index in [0.29, 0.717) is 5.92 Å². The minimum Gasteiger partial charge on any atom is -0.411 e. The van der Waals surface area contributed by atoms with Crippen molar-refractivity contribution < 1.29 is 13.6 Å². The van der Waals surface area contributed by atoms with Gasteiger partial charge in [-0.05, 0) is 42.9 Å². The van der Waals surface area contributed by atoms with E-state index in [4.69, 9.17) is 4.42 Å². The summed E-state index contributed by atoms with van der Waals surface area (Å²) in [7, 11) is 0. The van der Waals surface area contributed by atoms with Gasteiger partial charge in [0, 0.05) is 13.1 Å². The van der Waals surface area contributed by atoms with Crippen molar-refractivity contribution in [2.75, 3.05) is 18.8 Å². The molecular weight excluding hydrogens is 389 g/mol. The number of carbonyl (C=O) groups excluding carboxylic acids is 1. The van der Waals surface area contributed by atoms with E-state index in [2.05, 4.69) is 34.5 Å². The first-order valence-electron chi connectivity index (χ1n) is 9.72. The number of halogens is 1. The smallest absolute Gasteiger partial charge is 0.277 e. The number of thioether (sulfide) groups is 1. The number of carbonyl (C=O) groups is 1. The molecule has 29 heavy (non-hydrogen) atoms. The Kier molecular flexibility index (Phi) is 6.24. The summed E-state index contributed by atoms with van der Waals surface area (Å²) in [5.74, 6) is 0.636. The molecule has 0 N–H and O–H groups in total. The quantitative estimate of drug-likeness (QED) is 0.561. The molecule has 0 bridgehead atoms. The van der Waals surface area contributed by atoms with Gasteiger partial charge in [0.25, 0.3) is 11.1 Å². The van der Waals surface area contributed by atoms with Crippen molar-refractivity contribution in [3.63, 3.8) is 0 Å². The molecule has 0 saturated carbocycles. The number of amides is 1. The van der Waals surface area contributed by atoms with Crippen LogP contribution in [0.15, 0.2) is 64.2 Å². The monoisotopic (exact) mass is 411 g/mol. The van der Waals surface area contributed by atoms with Gasteiger partial charge in [0.1, 0.15) is 5.82 Å². The van der Waals surface area contributed by atoms with Gasteiger partial charge in [-0.3, -0.25) is 4.79 Å². The highest BCUT2D eigenvalue weighted by molar-refractivity contribution is 7.99. The molecule has 1 saturated heterocycles. The van der Waals surface area contributed by atoms with Crippen LogP contribution >= 0.6 is 11.8 Å². The SMILES string of the molecule is O=C(CSc1nnc(-c2ccccc2F)o1)N1CCC(Cc2ccccc2)CC1. The first-order chi connectivity index (χ1) is 14.2. The summed E-state index contributed by atoms with van der Waals surface area (Å²) in [6.07, 6.45) is 3.10. The number of rotatable bonds is 6. The highest BCUT2D eigenvalue weighted by Gasteiger charge is 2.23. The molecule has 5 nitrogen and oxygen atoms in total. The second kappa shape index (κ2) is 9.22. The van der Waals surface area contributed by atoms with Crippen LogP contribution in [0.3, 0.4) is 0 Å². The summed E-state index contributed by atoms with van der Waals surface area (Å²) in [5, 5.41) is 8.08. The van der Waals surface area contributed by atoms with Gasteiger partial charge in [0.15, 0.2) is 0 Å². The Morgan fingerprint density at radius 3 is 2.55 bits per heavy atom. The van der Waals surface area contributed by atoms with Gasteiger partial charge in [0.2, 0.25) is 5.91 Å². The third-order valence-corrected chi connectivity index (χ3v) is 5.97. The maximum Gasteiger partial charge on any atom is 0.277 e. The molecule has 3 aromatic rings. The van der Waals surface area contributed by atoms with Crippen LogP contribution in [-0.4, -0.2) is 39.8 Å². The number of aromatic nitrogens is 2. The molecule has 0 radical (unpaired) electrons. The molecule has 0 spiro atoms. The van der Waals surface area contributed by atoms with Crippen LogP contribution < -0.4 is 0 Å². The van der Waals surface area contributed by atoms with Crippen molar-refractivity contribution in [1.82, 2.24) is 15.1 Å². The van der Waals surface area contributed by atoms with Gasteiger partial charge >= 0.3 is 0 Å². The third kappa shape index (κ3) is 5.03. The van der Waals surface area contributed by atoms with E-state index in [0.717, 1.165) is 32.4 Å². The van der Waals surface area contributed by atoms with Crippen LogP contribution in [0.1, 0.15) is 18.4 Å². The minimum absolute atomic E-state index is 0.0683. The van der Waals surface area contributed by atoms with Crippen molar-refractivity contribution in [1.29, 1.82) is 0 Å². The zero-order valence-electron chi connectivity index (χ0n) is 16.0. The van der Waals surface area contributed by atoms with E-state index in [-0.39, 0.29) is 28.3 Å². The fourth-order valence-corrected chi connectivity index (χ4v) is 4.23. The predicted octanol–water partition coefficient (Wildman–Crippen LogP) is 4.45. The normalized spacial score (nSPS) is 14.9. The lowest BCUT2D eigenvalue weighted by Gasteiger charge is -2.32. The first-order valence-corrected chi connectivity index (χ1v) is 10.7. The molecule has 1 amide bonds. The minimum atomic E-state index is -0.415.